The molecule has 0 aliphatic carbocycles. The second-order valence-electron chi connectivity index (χ2n) is 8.13. The van der Waals surface area contributed by atoms with Gasteiger partial charge >= 0.3 is 0 Å². The van der Waals surface area contributed by atoms with Crippen LogP contribution in [0.15, 0.2) is 53.7 Å². The predicted octanol–water partition coefficient (Wildman–Crippen LogP) is 3.24. The molecule has 8 heteroatoms. The molecule has 1 aliphatic heterocycles. The Morgan fingerprint density at radius 1 is 1.06 bits per heavy atom. The highest BCUT2D eigenvalue weighted by Crippen LogP contribution is 2.32. The van der Waals surface area contributed by atoms with Crippen molar-refractivity contribution in [1.29, 1.82) is 0 Å². The smallest absolute Gasteiger partial charge is 0.270 e. The summed E-state index contributed by atoms with van der Waals surface area (Å²) in [5, 5.41) is 0. The van der Waals surface area contributed by atoms with Crippen LogP contribution in [0.25, 0.3) is 21.5 Å². The summed E-state index contributed by atoms with van der Waals surface area (Å²) in [6.45, 7) is 13.2. The van der Waals surface area contributed by atoms with Gasteiger partial charge in [0.05, 0.1) is 16.9 Å². The number of fused-ring (bicyclic) bond motifs is 2. The van der Waals surface area contributed by atoms with Crippen LogP contribution in [0.2, 0.25) is 0 Å². The summed E-state index contributed by atoms with van der Waals surface area (Å²) in [5.41, 5.74) is 4.19. The normalized spacial score (nSPS) is 19.2. The molecule has 2 atom stereocenters. The number of pyridine rings is 3. The number of hydrogen-bond donors (Lipinski definition) is 0. The first kappa shape index (κ1) is 19.1. The van der Waals surface area contributed by atoms with Gasteiger partial charge in [0, 0.05) is 56.9 Å². The predicted molar refractivity (Wildman–Crippen MR) is 122 cm³/mol. The van der Waals surface area contributed by atoms with E-state index in [2.05, 4.69) is 44.5 Å². The molecule has 4 aromatic rings. The van der Waals surface area contributed by atoms with E-state index in [-0.39, 0.29) is 17.6 Å². The third-order valence-corrected chi connectivity index (χ3v) is 6.17. The SMILES string of the molecule is [C-]#[N+]c1ccc2c(n1)c(N1C[C@@H](C)N(c3cccn4ccnc34)C[C@@H]1C)cc(=O)n2C. The lowest BCUT2D eigenvalue weighted by Crippen LogP contribution is -2.57. The fourth-order valence-corrected chi connectivity index (χ4v) is 4.54. The van der Waals surface area contributed by atoms with Crippen molar-refractivity contribution in [3.8, 4) is 0 Å². The lowest BCUT2D eigenvalue weighted by atomic mass is 10.1. The van der Waals surface area contributed by atoms with E-state index in [0.717, 1.165) is 35.6 Å². The van der Waals surface area contributed by atoms with Gasteiger partial charge in [0.2, 0.25) is 5.52 Å². The van der Waals surface area contributed by atoms with Gasteiger partial charge in [-0.25, -0.2) is 4.98 Å². The average Bonchev–Trinajstić information content (AvgIpc) is 3.26. The maximum Gasteiger partial charge on any atom is 0.270 e. The molecule has 1 aliphatic rings. The lowest BCUT2D eigenvalue weighted by molar-refractivity contribution is 0.482. The first-order valence-corrected chi connectivity index (χ1v) is 10.3. The van der Waals surface area contributed by atoms with Crippen molar-refractivity contribution >= 4 is 33.9 Å². The number of piperazine rings is 1. The maximum absolute atomic E-state index is 12.7. The minimum absolute atomic E-state index is 0.0794. The minimum Gasteiger partial charge on any atom is -0.362 e. The topological polar surface area (TPSA) is 63.0 Å². The van der Waals surface area contributed by atoms with E-state index in [0.29, 0.717) is 11.3 Å². The number of hydrogen-bond acceptors (Lipinski definition) is 5. The van der Waals surface area contributed by atoms with Crippen LogP contribution >= 0.6 is 0 Å². The van der Waals surface area contributed by atoms with Gasteiger partial charge in [-0.15, -0.1) is 4.98 Å². The van der Waals surface area contributed by atoms with E-state index in [9.17, 15) is 4.79 Å². The van der Waals surface area contributed by atoms with Gasteiger partial charge in [0.25, 0.3) is 11.4 Å². The maximum atomic E-state index is 12.7. The Kier molecular flexibility index (Phi) is 4.40. The molecule has 5 heterocycles. The molecule has 0 bridgehead atoms. The highest BCUT2D eigenvalue weighted by atomic mass is 16.1. The molecule has 0 unspecified atom stereocenters. The molecule has 5 rings (SSSR count). The summed E-state index contributed by atoms with van der Waals surface area (Å²) in [6.07, 6.45) is 5.77. The Hall–Kier alpha value is -3.86. The molecule has 0 N–H and O–H groups in total. The third kappa shape index (κ3) is 3.01. The van der Waals surface area contributed by atoms with Crippen molar-refractivity contribution in [1.82, 2.24) is 18.9 Å². The van der Waals surface area contributed by atoms with Crippen LogP contribution in [0, 0.1) is 6.57 Å². The van der Waals surface area contributed by atoms with Gasteiger partial charge in [-0.3, -0.25) is 4.79 Å². The molecule has 0 saturated carbocycles. The summed E-state index contributed by atoms with van der Waals surface area (Å²) in [4.78, 5) is 29.9. The Morgan fingerprint density at radius 3 is 2.55 bits per heavy atom. The van der Waals surface area contributed by atoms with Crippen molar-refractivity contribution in [2.75, 3.05) is 22.9 Å². The molecule has 0 amide bonds. The molecular weight excluding hydrogens is 390 g/mol. The molecule has 8 nitrogen and oxygen atoms in total. The molecular formula is C23H23N7O. The number of anilines is 2. The Balaban J connectivity index is 1.57. The Labute approximate surface area is 179 Å². The summed E-state index contributed by atoms with van der Waals surface area (Å²) >= 11 is 0. The molecule has 0 spiro atoms. The molecule has 31 heavy (non-hydrogen) atoms. The van der Waals surface area contributed by atoms with E-state index in [1.165, 1.54) is 0 Å². The second-order valence-corrected chi connectivity index (χ2v) is 8.13. The van der Waals surface area contributed by atoms with Crippen molar-refractivity contribution in [2.45, 2.75) is 25.9 Å². The summed E-state index contributed by atoms with van der Waals surface area (Å²) in [7, 11) is 1.74. The van der Waals surface area contributed by atoms with Crippen LogP contribution < -0.4 is 15.4 Å². The van der Waals surface area contributed by atoms with E-state index in [1.807, 2.05) is 35.1 Å². The first-order chi connectivity index (χ1) is 15.0. The molecule has 4 aromatic heterocycles. The van der Waals surface area contributed by atoms with Crippen LogP contribution in [0.3, 0.4) is 0 Å². The molecule has 1 fully saturated rings. The van der Waals surface area contributed by atoms with Crippen LogP contribution in [0.1, 0.15) is 13.8 Å². The van der Waals surface area contributed by atoms with Crippen LogP contribution in [0.4, 0.5) is 17.2 Å². The zero-order valence-electron chi connectivity index (χ0n) is 17.7. The average molecular weight is 413 g/mol. The van der Waals surface area contributed by atoms with Crippen LogP contribution in [-0.4, -0.2) is 44.1 Å². The van der Waals surface area contributed by atoms with Gasteiger partial charge in [-0.1, -0.05) is 6.57 Å². The number of aryl methyl sites for hydroxylation is 1. The summed E-state index contributed by atoms with van der Waals surface area (Å²) < 4.78 is 3.62. The Morgan fingerprint density at radius 2 is 1.81 bits per heavy atom. The standard InChI is InChI=1S/C23H23N7O/c1-15-14-30(16(2)13-29(15)18-6-5-10-28-11-9-25-23(18)28)19-12-21(31)27(4)17-7-8-20(24-3)26-22(17)19/h5-12,15-16H,13-14H2,1-2,4H3/t15-,16+/m1/s1. The quantitative estimate of drug-likeness (QED) is 0.472. The van der Waals surface area contributed by atoms with E-state index in [1.54, 1.807) is 23.7 Å². The number of rotatable bonds is 2. The monoisotopic (exact) mass is 413 g/mol. The second kappa shape index (κ2) is 7.13. The highest BCUT2D eigenvalue weighted by Gasteiger charge is 2.32. The highest BCUT2D eigenvalue weighted by molar-refractivity contribution is 5.90. The van der Waals surface area contributed by atoms with E-state index in [4.69, 9.17) is 6.57 Å². The molecule has 156 valence electrons. The summed E-state index contributed by atoms with van der Waals surface area (Å²) in [6, 6.07) is 9.60. The zero-order valence-corrected chi connectivity index (χ0v) is 17.7. The third-order valence-electron chi connectivity index (χ3n) is 6.17. The molecule has 0 aromatic carbocycles. The number of imidazole rings is 1. The molecule has 1 saturated heterocycles. The van der Waals surface area contributed by atoms with Crippen molar-refractivity contribution < 1.29 is 0 Å². The number of nitrogens with zero attached hydrogens (tertiary/aromatic N) is 7. The summed E-state index contributed by atoms with van der Waals surface area (Å²) in [5.74, 6) is 0.331. The largest absolute Gasteiger partial charge is 0.362 e. The fraction of sp³-hybridized carbons (Fsp3) is 0.304. The van der Waals surface area contributed by atoms with Crippen molar-refractivity contribution in [3.05, 3.63) is 70.7 Å². The van der Waals surface area contributed by atoms with Crippen molar-refractivity contribution in [2.24, 2.45) is 7.05 Å². The zero-order chi connectivity index (χ0) is 21.7. The van der Waals surface area contributed by atoms with Crippen LogP contribution in [0.5, 0.6) is 0 Å². The van der Waals surface area contributed by atoms with Crippen molar-refractivity contribution in [3.63, 3.8) is 0 Å². The molecule has 0 radical (unpaired) electrons. The van der Waals surface area contributed by atoms with Gasteiger partial charge in [0.15, 0.2) is 5.65 Å². The first-order valence-electron chi connectivity index (χ1n) is 10.3. The number of aromatic nitrogens is 4. The van der Waals surface area contributed by atoms with Gasteiger partial charge in [-0.2, -0.15) is 0 Å². The minimum atomic E-state index is -0.0794. The van der Waals surface area contributed by atoms with E-state index >= 15 is 0 Å². The van der Waals surface area contributed by atoms with Crippen LogP contribution in [-0.2, 0) is 7.05 Å². The fourth-order valence-electron chi connectivity index (χ4n) is 4.54. The lowest BCUT2D eigenvalue weighted by Gasteiger charge is -2.46. The van der Waals surface area contributed by atoms with E-state index < -0.39 is 0 Å². The Bertz CT molecular complexity index is 1400. The van der Waals surface area contributed by atoms with Gasteiger partial charge in [-0.05, 0) is 38.1 Å². The van der Waals surface area contributed by atoms with Gasteiger partial charge < -0.3 is 23.6 Å². The van der Waals surface area contributed by atoms with Gasteiger partial charge in [0.1, 0.15) is 0 Å².